The first-order valence-electron chi connectivity index (χ1n) is 11.6. The number of fused-ring (bicyclic) bond motifs is 1. The van der Waals surface area contributed by atoms with Crippen LogP contribution in [0.3, 0.4) is 0 Å². The number of piperidine rings is 1. The molecular weight excluding hydrogens is 466 g/mol. The van der Waals surface area contributed by atoms with E-state index in [9.17, 15) is 24.0 Å². The van der Waals surface area contributed by atoms with E-state index in [1.807, 2.05) is 4.90 Å². The molecule has 186 valence electrons. The van der Waals surface area contributed by atoms with E-state index >= 15 is 0 Å². The van der Waals surface area contributed by atoms with Crippen LogP contribution in [0.15, 0.2) is 36.4 Å². The Kier molecular flexibility index (Phi) is 5.83. The second-order valence-electron chi connectivity index (χ2n) is 8.91. The van der Waals surface area contributed by atoms with Crippen molar-refractivity contribution in [3.8, 4) is 5.75 Å². The molecule has 5 amide bonds. The average Bonchev–Trinajstić information content (AvgIpc) is 3.13. The minimum Gasteiger partial charge on any atom is -0.495 e. The third-order valence-electron chi connectivity index (χ3n) is 6.84. The quantitative estimate of drug-likeness (QED) is 0.469. The molecule has 2 saturated heterocycles. The minimum absolute atomic E-state index is 0.0706. The number of amides is 5. The van der Waals surface area contributed by atoms with Gasteiger partial charge in [-0.05, 0) is 42.8 Å². The minimum atomic E-state index is -1.000. The topological polar surface area (TPSA) is 142 Å². The van der Waals surface area contributed by atoms with Crippen LogP contribution in [0.25, 0.3) is 0 Å². The molecule has 0 saturated carbocycles. The Balaban J connectivity index is 1.28. The Morgan fingerprint density at radius 2 is 1.69 bits per heavy atom. The number of ether oxygens (including phenoxy) is 1. The number of carbonyl (C=O) groups is 5. The van der Waals surface area contributed by atoms with Gasteiger partial charge in [-0.15, -0.1) is 0 Å². The van der Waals surface area contributed by atoms with Gasteiger partial charge in [-0.2, -0.15) is 0 Å². The number of nitrogen functional groups attached to an aromatic ring is 1. The lowest BCUT2D eigenvalue weighted by Crippen LogP contribution is -2.54. The number of methoxy groups -OCH3 is 1. The summed E-state index contributed by atoms with van der Waals surface area (Å²) < 4.78 is 5.21. The molecule has 0 spiro atoms. The van der Waals surface area contributed by atoms with Crippen LogP contribution in [0, 0.1) is 0 Å². The number of carbonyl (C=O) groups excluding carboxylic acids is 5. The van der Waals surface area contributed by atoms with E-state index in [1.165, 1.54) is 7.11 Å². The Bertz CT molecular complexity index is 1300. The van der Waals surface area contributed by atoms with Gasteiger partial charge in [-0.25, -0.2) is 0 Å². The van der Waals surface area contributed by atoms with Gasteiger partial charge in [-0.3, -0.25) is 34.2 Å². The standard InChI is InChI=1S/C25H25N5O6/c1-36-20-12-14(2-5-18(20)26)23(33)29-10-8-28(9-11-29)15-3-4-16-17(13-15)25(35)30(24(16)34)19-6-7-21(31)27-22(19)32/h2-5,12-13,19H,6-11,26H2,1H3,(H,27,31,32). The first-order valence-corrected chi connectivity index (χ1v) is 11.6. The fourth-order valence-corrected chi connectivity index (χ4v) is 4.85. The molecule has 0 aromatic heterocycles. The molecule has 0 radical (unpaired) electrons. The smallest absolute Gasteiger partial charge is 0.262 e. The van der Waals surface area contributed by atoms with Gasteiger partial charge in [0.15, 0.2) is 0 Å². The normalized spacial score (nSPS) is 19.9. The molecule has 3 aliphatic rings. The van der Waals surface area contributed by atoms with Crippen molar-refractivity contribution in [2.24, 2.45) is 0 Å². The molecule has 3 heterocycles. The summed E-state index contributed by atoms with van der Waals surface area (Å²) in [6.45, 7) is 2.01. The molecule has 2 aromatic carbocycles. The highest BCUT2D eigenvalue weighted by atomic mass is 16.5. The van der Waals surface area contributed by atoms with E-state index in [0.29, 0.717) is 43.2 Å². The van der Waals surface area contributed by atoms with E-state index in [2.05, 4.69) is 5.32 Å². The van der Waals surface area contributed by atoms with Crippen molar-refractivity contribution in [3.05, 3.63) is 53.1 Å². The van der Waals surface area contributed by atoms with Crippen molar-refractivity contribution >= 4 is 40.9 Å². The fraction of sp³-hybridized carbons (Fsp3) is 0.320. The fourth-order valence-electron chi connectivity index (χ4n) is 4.85. The summed E-state index contributed by atoms with van der Waals surface area (Å²) in [5, 5.41) is 2.19. The molecule has 1 atom stereocenters. The third-order valence-corrected chi connectivity index (χ3v) is 6.84. The van der Waals surface area contributed by atoms with Crippen LogP contribution in [0.2, 0.25) is 0 Å². The third kappa shape index (κ3) is 3.92. The van der Waals surface area contributed by atoms with Gasteiger partial charge in [0.2, 0.25) is 11.8 Å². The molecular formula is C25H25N5O6. The van der Waals surface area contributed by atoms with Crippen molar-refractivity contribution < 1.29 is 28.7 Å². The molecule has 5 rings (SSSR count). The molecule has 0 aliphatic carbocycles. The molecule has 11 nitrogen and oxygen atoms in total. The monoisotopic (exact) mass is 491 g/mol. The zero-order chi connectivity index (χ0) is 25.6. The lowest BCUT2D eigenvalue weighted by Gasteiger charge is -2.36. The summed E-state index contributed by atoms with van der Waals surface area (Å²) in [7, 11) is 1.50. The van der Waals surface area contributed by atoms with Gasteiger partial charge in [0.25, 0.3) is 17.7 Å². The van der Waals surface area contributed by atoms with Gasteiger partial charge in [0, 0.05) is 43.9 Å². The molecule has 3 N–H and O–H groups in total. The van der Waals surface area contributed by atoms with E-state index in [0.717, 1.165) is 10.6 Å². The maximum atomic E-state index is 13.1. The Labute approximate surface area is 206 Å². The first kappa shape index (κ1) is 23.3. The van der Waals surface area contributed by atoms with Crippen molar-refractivity contribution in [2.45, 2.75) is 18.9 Å². The number of hydrogen-bond donors (Lipinski definition) is 2. The van der Waals surface area contributed by atoms with Gasteiger partial charge < -0.3 is 20.3 Å². The van der Waals surface area contributed by atoms with Gasteiger partial charge in [-0.1, -0.05) is 0 Å². The van der Waals surface area contributed by atoms with Gasteiger partial charge >= 0.3 is 0 Å². The number of nitrogens with two attached hydrogens (primary N) is 1. The van der Waals surface area contributed by atoms with Crippen LogP contribution >= 0.6 is 0 Å². The number of nitrogens with zero attached hydrogens (tertiary/aromatic N) is 3. The predicted molar refractivity (Wildman–Crippen MR) is 129 cm³/mol. The van der Waals surface area contributed by atoms with Crippen LogP contribution in [0.1, 0.15) is 43.9 Å². The SMILES string of the molecule is COc1cc(C(=O)N2CCN(c3ccc4c(c3)C(=O)N(C3CCC(=O)NC3=O)C4=O)CC2)ccc1N. The van der Waals surface area contributed by atoms with Crippen LogP contribution in [-0.2, 0) is 9.59 Å². The number of benzene rings is 2. The highest BCUT2D eigenvalue weighted by Gasteiger charge is 2.44. The number of imide groups is 2. The Morgan fingerprint density at radius 1 is 0.972 bits per heavy atom. The van der Waals surface area contributed by atoms with Crippen LogP contribution < -0.4 is 20.7 Å². The summed E-state index contributed by atoms with van der Waals surface area (Å²) >= 11 is 0. The molecule has 1 unspecified atom stereocenters. The van der Waals surface area contributed by atoms with E-state index in [1.54, 1.807) is 41.3 Å². The second kappa shape index (κ2) is 8.99. The maximum absolute atomic E-state index is 13.1. The molecule has 0 bridgehead atoms. The van der Waals surface area contributed by atoms with Gasteiger partial charge in [0.1, 0.15) is 11.8 Å². The zero-order valence-electron chi connectivity index (χ0n) is 19.7. The van der Waals surface area contributed by atoms with Crippen LogP contribution in [0.4, 0.5) is 11.4 Å². The molecule has 2 aromatic rings. The Morgan fingerprint density at radius 3 is 2.39 bits per heavy atom. The second-order valence-corrected chi connectivity index (χ2v) is 8.91. The summed E-state index contributed by atoms with van der Waals surface area (Å²) in [5.74, 6) is -1.81. The largest absolute Gasteiger partial charge is 0.495 e. The number of rotatable bonds is 4. The molecule has 36 heavy (non-hydrogen) atoms. The number of anilines is 2. The average molecular weight is 492 g/mol. The summed E-state index contributed by atoms with van der Waals surface area (Å²) in [6, 6.07) is 8.95. The highest BCUT2D eigenvalue weighted by molar-refractivity contribution is 6.23. The van der Waals surface area contributed by atoms with Crippen molar-refractivity contribution in [1.29, 1.82) is 0 Å². The lowest BCUT2D eigenvalue weighted by atomic mass is 10.0. The molecule has 2 fully saturated rings. The van der Waals surface area contributed by atoms with E-state index in [-0.39, 0.29) is 29.9 Å². The van der Waals surface area contributed by atoms with Crippen molar-refractivity contribution in [1.82, 2.24) is 15.1 Å². The van der Waals surface area contributed by atoms with Crippen molar-refractivity contribution in [2.75, 3.05) is 43.9 Å². The number of nitrogens with one attached hydrogen (secondary N) is 1. The Hall–Kier alpha value is -4.41. The van der Waals surface area contributed by atoms with Crippen LogP contribution in [0.5, 0.6) is 5.75 Å². The van der Waals surface area contributed by atoms with Crippen molar-refractivity contribution in [3.63, 3.8) is 0 Å². The summed E-state index contributed by atoms with van der Waals surface area (Å²) in [5.41, 5.74) is 8.01. The molecule has 11 heteroatoms. The van der Waals surface area contributed by atoms with Crippen LogP contribution in [-0.4, -0.2) is 78.7 Å². The van der Waals surface area contributed by atoms with Gasteiger partial charge in [0.05, 0.1) is 23.9 Å². The molecule has 3 aliphatic heterocycles. The maximum Gasteiger partial charge on any atom is 0.262 e. The number of hydrogen-bond acceptors (Lipinski definition) is 8. The predicted octanol–water partition coefficient (Wildman–Crippen LogP) is 0.641. The lowest BCUT2D eigenvalue weighted by molar-refractivity contribution is -0.136. The van der Waals surface area contributed by atoms with E-state index < -0.39 is 29.7 Å². The summed E-state index contributed by atoms with van der Waals surface area (Å²) in [4.78, 5) is 67.4. The van der Waals surface area contributed by atoms with E-state index in [4.69, 9.17) is 10.5 Å². The first-order chi connectivity index (χ1) is 17.3. The highest BCUT2D eigenvalue weighted by Crippen LogP contribution is 2.31. The summed E-state index contributed by atoms with van der Waals surface area (Å²) in [6.07, 6.45) is 0.181. The number of piperazine rings is 1. The zero-order valence-corrected chi connectivity index (χ0v) is 19.7.